The minimum atomic E-state index is -4.96. The molecule has 0 saturated carbocycles. The maximum absolute atomic E-state index is 13.1. The van der Waals surface area contributed by atoms with E-state index in [4.69, 9.17) is 37.0 Å². The molecule has 0 aliphatic rings. The van der Waals surface area contributed by atoms with Gasteiger partial charge < -0.3 is 33.8 Å². The lowest BCUT2D eigenvalue weighted by Gasteiger charge is -2.21. The van der Waals surface area contributed by atoms with Crippen LogP contribution in [0.25, 0.3) is 0 Å². The molecule has 0 radical (unpaired) electrons. The average Bonchev–Trinajstić information content (AvgIpc) is 1.40. The Bertz CT molecular complexity index is 1840. The molecule has 0 spiro atoms. The first-order valence-electron chi connectivity index (χ1n) is 40.2. The van der Waals surface area contributed by atoms with E-state index < -0.39 is 97.5 Å². The Morgan fingerprint density at radius 2 is 0.500 bits per heavy atom. The van der Waals surface area contributed by atoms with Crippen LogP contribution in [0.2, 0.25) is 0 Å². The van der Waals surface area contributed by atoms with Gasteiger partial charge in [0.1, 0.15) is 19.3 Å². The van der Waals surface area contributed by atoms with Gasteiger partial charge in [-0.2, -0.15) is 0 Å². The van der Waals surface area contributed by atoms with Crippen LogP contribution in [0.4, 0.5) is 0 Å². The second-order valence-electron chi connectivity index (χ2n) is 28.0. The second-order valence-corrected chi connectivity index (χ2v) is 30.9. The summed E-state index contributed by atoms with van der Waals surface area (Å²) in [6, 6.07) is 0. The number of phosphoric ester groups is 2. The van der Waals surface area contributed by atoms with Crippen LogP contribution in [0.3, 0.4) is 0 Å². The first-order valence-corrected chi connectivity index (χ1v) is 43.2. The van der Waals surface area contributed by atoms with Crippen molar-refractivity contribution in [1.29, 1.82) is 0 Å². The van der Waals surface area contributed by atoms with Crippen LogP contribution in [0.1, 0.15) is 407 Å². The van der Waals surface area contributed by atoms with Gasteiger partial charge in [-0.05, 0) is 31.6 Å². The van der Waals surface area contributed by atoms with Gasteiger partial charge in [0.25, 0.3) is 0 Å². The van der Waals surface area contributed by atoms with Crippen molar-refractivity contribution in [3.63, 3.8) is 0 Å². The lowest BCUT2D eigenvalue weighted by molar-refractivity contribution is -0.161. The molecule has 0 aromatic heterocycles. The smallest absolute Gasteiger partial charge is 0.462 e. The molecule has 96 heavy (non-hydrogen) atoms. The summed E-state index contributed by atoms with van der Waals surface area (Å²) in [7, 11) is -9.91. The molecule has 3 unspecified atom stereocenters. The number of hydrogen-bond acceptors (Lipinski definition) is 15. The predicted octanol–water partition coefficient (Wildman–Crippen LogP) is 22.9. The maximum Gasteiger partial charge on any atom is 0.472 e. The van der Waals surface area contributed by atoms with Crippen LogP contribution < -0.4 is 0 Å². The van der Waals surface area contributed by atoms with E-state index >= 15 is 0 Å². The van der Waals surface area contributed by atoms with Gasteiger partial charge in [-0.3, -0.25) is 37.3 Å². The number of unbranched alkanes of at least 4 members (excludes halogenated alkanes) is 48. The lowest BCUT2D eigenvalue weighted by atomic mass is 9.99. The molecule has 0 saturated heterocycles. The third-order valence-electron chi connectivity index (χ3n) is 18.4. The van der Waals surface area contributed by atoms with Gasteiger partial charge in [-0.1, -0.05) is 356 Å². The minimum Gasteiger partial charge on any atom is -0.462 e. The third-order valence-corrected chi connectivity index (χ3v) is 20.3. The van der Waals surface area contributed by atoms with Crippen molar-refractivity contribution in [3.05, 3.63) is 0 Å². The Hall–Kier alpha value is -1.94. The SMILES string of the molecule is CCCCCCCCCCCCCCCCCCC(=O)O[C@H](COC(=O)CCCCCCCCCCCCCCCC)COP(=O)(O)OC[C@@H](O)COP(=O)(O)OC[C@@H](COC(=O)CCCCCCCCCCC(C)CC)OC(=O)CCCCCCCCCCCCCCCC. The molecule has 0 aromatic carbocycles. The van der Waals surface area contributed by atoms with E-state index in [1.165, 1.54) is 231 Å². The molecule has 0 aromatic rings. The van der Waals surface area contributed by atoms with E-state index in [0.717, 1.165) is 95.8 Å². The van der Waals surface area contributed by atoms with E-state index in [2.05, 4.69) is 34.6 Å². The molecule has 17 nitrogen and oxygen atoms in total. The molecule has 6 atom stereocenters. The fourth-order valence-corrected chi connectivity index (χ4v) is 13.4. The first kappa shape index (κ1) is 94.1. The summed E-state index contributed by atoms with van der Waals surface area (Å²) in [5, 5.41) is 10.6. The standard InChI is InChI=1S/C77H150O17P2/c1-6-10-13-16-19-22-25-28-31-32-35-38-41-48-53-58-63-77(82)93-72(66-87-74(79)60-55-50-45-39-36-33-29-26-23-20-17-14-11-7-2)68-91-95(83,84)89-64-71(78)65-90-96(85,86)92-69-73(67-88-75(80)61-56-51-46-43-42-44-49-54-59-70(5)9-4)94-76(81)62-57-52-47-40-37-34-30-27-24-21-18-15-12-8-3/h70-73,78H,6-69H2,1-5H3,(H,83,84)(H,85,86)/t70?,71-,72-,73-/m1/s1. The topological polar surface area (TPSA) is 237 Å². The van der Waals surface area contributed by atoms with Crippen LogP contribution in [-0.4, -0.2) is 96.7 Å². The van der Waals surface area contributed by atoms with Crippen molar-refractivity contribution < 1.29 is 80.2 Å². The third kappa shape index (κ3) is 69.2. The number of hydrogen-bond donors (Lipinski definition) is 3. The molecule has 0 bridgehead atoms. The highest BCUT2D eigenvalue weighted by atomic mass is 31.2. The van der Waals surface area contributed by atoms with E-state index in [9.17, 15) is 43.2 Å². The Kier molecular flexibility index (Phi) is 68.7. The number of ether oxygens (including phenoxy) is 4. The molecule has 0 heterocycles. The van der Waals surface area contributed by atoms with Crippen LogP contribution >= 0.6 is 15.6 Å². The van der Waals surface area contributed by atoms with Gasteiger partial charge in [0.15, 0.2) is 12.2 Å². The summed E-state index contributed by atoms with van der Waals surface area (Å²) in [6.07, 6.45) is 59.4. The monoisotopic (exact) mass is 1410 g/mol. The zero-order chi connectivity index (χ0) is 70.5. The highest BCUT2D eigenvalue weighted by Crippen LogP contribution is 2.45. The summed E-state index contributed by atoms with van der Waals surface area (Å²) >= 11 is 0. The summed E-state index contributed by atoms with van der Waals surface area (Å²) in [5.41, 5.74) is 0. The summed E-state index contributed by atoms with van der Waals surface area (Å²) in [4.78, 5) is 72.9. The summed E-state index contributed by atoms with van der Waals surface area (Å²) < 4.78 is 68.6. The van der Waals surface area contributed by atoms with Crippen molar-refractivity contribution in [3.8, 4) is 0 Å². The Morgan fingerprint density at radius 3 is 0.740 bits per heavy atom. The van der Waals surface area contributed by atoms with Gasteiger partial charge in [0.05, 0.1) is 26.4 Å². The molecule has 0 fully saturated rings. The fourth-order valence-electron chi connectivity index (χ4n) is 11.8. The number of carbonyl (C=O) groups is 4. The predicted molar refractivity (Wildman–Crippen MR) is 391 cm³/mol. The zero-order valence-electron chi connectivity index (χ0n) is 62.5. The van der Waals surface area contributed by atoms with E-state index in [1.54, 1.807) is 0 Å². The van der Waals surface area contributed by atoms with Gasteiger partial charge >= 0.3 is 39.5 Å². The minimum absolute atomic E-state index is 0.108. The molecule has 0 rings (SSSR count). The van der Waals surface area contributed by atoms with Crippen LogP contribution in [0.15, 0.2) is 0 Å². The quantitative estimate of drug-likeness (QED) is 0.0222. The van der Waals surface area contributed by atoms with Crippen LogP contribution in [-0.2, 0) is 65.4 Å². The van der Waals surface area contributed by atoms with Crippen molar-refractivity contribution in [2.75, 3.05) is 39.6 Å². The lowest BCUT2D eigenvalue weighted by Crippen LogP contribution is -2.30. The number of esters is 4. The summed E-state index contributed by atoms with van der Waals surface area (Å²) in [6.45, 7) is 7.32. The molecular formula is C77H150O17P2. The normalized spacial score (nSPS) is 14.2. The van der Waals surface area contributed by atoms with Crippen LogP contribution in [0.5, 0.6) is 0 Å². The van der Waals surface area contributed by atoms with Crippen molar-refractivity contribution in [2.45, 2.75) is 425 Å². The molecule has 19 heteroatoms. The fraction of sp³-hybridized carbons (Fsp3) is 0.948. The van der Waals surface area contributed by atoms with Crippen molar-refractivity contribution in [2.24, 2.45) is 5.92 Å². The number of aliphatic hydroxyl groups is 1. The Labute approximate surface area is 588 Å². The number of rotatable bonds is 77. The van der Waals surface area contributed by atoms with E-state index in [1.807, 2.05) is 0 Å². The maximum atomic E-state index is 13.1. The Balaban J connectivity index is 5.27. The van der Waals surface area contributed by atoms with Gasteiger partial charge in [0.2, 0.25) is 0 Å². The molecule has 3 N–H and O–H groups in total. The average molecular weight is 1410 g/mol. The molecule has 0 aliphatic heterocycles. The second kappa shape index (κ2) is 70.1. The summed E-state index contributed by atoms with van der Waals surface area (Å²) in [5.74, 6) is -1.33. The number of phosphoric acid groups is 2. The first-order chi connectivity index (χ1) is 46.6. The van der Waals surface area contributed by atoms with Gasteiger partial charge in [0, 0.05) is 25.7 Å². The van der Waals surface area contributed by atoms with Crippen LogP contribution in [0, 0.1) is 5.92 Å². The highest BCUT2D eigenvalue weighted by Gasteiger charge is 2.30. The molecule has 0 amide bonds. The largest absolute Gasteiger partial charge is 0.472 e. The highest BCUT2D eigenvalue weighted by molar-refractivity contribution is 7.47. The van der Waals surface area contributed by atoms with E-state index in [0.29, 0.717) is 25.7 Å². The van der Waals surface area contributed by atoms with Gasteiger partial charge in [-0.25, -0.2) is 9.13 Å². The van der Waals surface area contributed by atoms with Crippen molar-refractivity contribution in [1.82, 2.24) is 0 Å². The molecule has 0 aliphatic carbocycles. The van der Waals surface area contributed by atoms with E-state index in [-0.39, 0.29) is 25.7 Å². The number of aliphatic hydroxyl groups excluding tert-OH is 1. The number of carbonyl (C=O) groups excluding carboxylic acids is 4. The van der Waals surface area contributed by atoms with Crippen molar-refractivity contribution >= 4 is 39.5 Å². The molecular weight excluding hydrogens is 1260 g/mol. The molecule has 570 valence electrons. The van der Waals surface area contributed by atoms with Gasteiger partial charge in [-0.15, -0.1) is 0 Å². The zero-order valence-corrected chi connectivity index (χ0v) is 64.3. The Morgan fingerprint density at radius 1 is 0.292 bits per heavy atom.